The van der Waals surface area contributed by atoms with Gasteiger partial charge in [0.2, 0.25) is 0 Å². The molecule has 3 rings (SSSR count). The van der Waals surface area contributed by atoms with E-state index in [0.717, 1.165) is 11.1 Å². The van der Waals surface area contributed by atoms with Crippen LogP contribution in [-0.4, -0.2) is 16.5 Å². The van der Waals surface area contributed by atoms with Gasteiger partial charge in [-0.3, -0.25) is 0 Å². The van der Waals surface area contributed by atoms with Gasteiger partial charge in [0, 0.05) is 17.2 Å². The van der Waals surface area contributed by atoms with Crippen LogP contribution in [0.25, 0.3) is 0 Å². The Kier molecular flexibility index (Phi) is 5.08. The molecule has 0 aliphatic heterocycles. The fraction of sp³-hybridized carbons (Fsp3) is 0.0952. The molecule has 0 aliphatic rings. The van der Waals surface area contributed by atoms with Crippen molar-refractivity contribution in [2.24, 2.45) is 10.2 Å². The summed E-state index contributed by atoms with van der Waals surface area (Å²) in [5.74, 6) is 0.165. The Morgan fingerprint density at radius 3 is 1.96 bits per heavy atom. The van der Waals surface area contributed by atoms with E-state index >= 15 is 0 Å². The molecule has 0 bridgehead atoms. The average Bonchev–Trinajstić information content (AvgIpc) is 2.63. The highest BCUT2D eigenvalue weighted by molar-refractivity contribution is 6.13. The lowest BCUT2D eigenvalue weighted by molar-refractivity contribution is 0.432. The molecule has 0 amide bonds. The molecule has 0 unspecified atom stereocenters. The normalized spacial score (nSPS) is 11.2. The first-order valence-corrected chi connectivity index (χ1v) is 8.13. The molecule has 0 saturated heterocycles. The number of benzene rings is 2. The minimum absolute atomic E-state index is 0.0137. The molecule has 1 heterocycles. The first-order valence-electron chi connectivity index (χ1n) is 8.13. The van der Waals surface area contributed by atoms with Crippen molar-refractivity contribution in [3.8, 4) is 5.75 Å². The van der Waals surface area contributed by atoms with Crippen molar-refractivity contribution < 1.29 is 9.52 Å². The van der Waals surface area contributed by atoms with Crippen LogP contribution >= 0.6 is 0 Å². The summed E-state index contributed by atoms with van der Waals surface area (Å²) in [4.78, 5) is 12.0. The smallest absolute Gasteiger partial charge is 0.348 e. The number of aromatic hydroxyl groups is 1. The summed E-state index contributed by atoms with van der Waals surface area (Å²) < 4.78 is 5.04. The molecule has 3 aromatic rings. The van der Waals surface area contributed by atoms with Gasteiger partial charge in [-0.25, -0.2) is 4.79 Å². The molecular formula is C21H18N2O3. The highest BCUT2D eigenvalue weighted by Crippen LogP contribution is 2.16. The largest absolute Gasteiger partial charge is 0.507 e. The van der Waals surface area contributed by atoms with Crippen LogP contribution in [0, 0.1) is 6.92 Å². The van der Waals surface area contributed by atoms with Crippen LogP contribution in [0.5, 0.6) is 5.75 Å². The van der Waals surface area contributed by atoms with Gasteiger partial charge in [0.1, 0.15) is 22.8 Å². The topological polar surface area (TPSA) is 75.2 Å². The first kappa shape index (κ1) is 17.4. The number of hydrogen-bond donors (Lipinski definition) is 1. The molecule has 0 atom stereocenters. The number of rotatable bonds is 4. The van der Waals surface area contributed by atoms with E-state index in [1.54, 1.807) is 13.8 Å². The molecule has 5 nitrogen and oxygen atoms in total. The van der Waals surface area contributed by atoms with Crippen molar-refractivity contribution >= 4 is 11.4 Å². The fourth-order valence-electron chi connectivity index (χ4n) is 2.58. The Bertz CT molecular complexity index is 979. The highest BCUT2D eigenvalue weighted by Gasteiger charge is 2.13. The summed E-state index contributed by atoms with van der Waals surface area (Å²) >= 11 is 0. The van der Waals surface area contributed by atoms with E-state index in [1.807, 2.05) is 60.7 Å². The monoisotopic (exact) mass is 346 g/mol. The van der Waals surface area contributed by atoms with Crippen molar-refractivity contribution in [2.45, 2.75) is 13.8 Å². The molecule has 0 saturated carbocycles. The summed E-state index contributed by atoms with van der Waals surface area (Å²) in [5.41, 5.74) is 2.12. The summed E-state index contributed by atoms with van der Waals surface area (Å²) in [5, 5.41) is 18.6. The van der Waals surface area contributed by atoms with Gasteiger partial charge in [0.05, 0.1) is 5.71 Å². The van der Waals surface area contributed by atoms with Crippen LogP contribution in [0.2, 0.25) is 0 Å². The second-order valence-electron chi connectivity index (χ2n) is 5.77. The van der Waals surface area contributed by atoms with Gasteiger partial charge in [-0.15, -0.1) is 5.10 Å². The van der Waals surface area contributed by atoms with Gasteiger partial charge in [-0.1, -0.05) is 60.7 Å². The summed E-state index contributed by atoms with van der Waals surface area (Å²) in [6.07, 6.45) is 0. The van der Waals surface area contributed by atoms with Crippen molar-refractivity contribution in [3.63, 3.8) is 0 Å². The second kappa shape index (κ2) is 7.61. The summed E-state index contributed by atoms with van der Waals surface area (Å²) in [6, 6.07) is 20.7. The van der Waals surface area contributed by atoms with Gasteiger partial charge >= 0.3 is 5.63 Å². The highest BCUT2D eigenvalue weighted by atomic mass is 16.4. The zero-order valence-electron chi connectivity index (χ0n) is 14.5. The van der Waals surface area contributed by atoms with Crippen molar-refractivity contribution in [1.82, 2.24) is 0 Å². The minimum Gasteiger partial charge on any atom is -0.507 e. The molecule has 130 valence electrons. The predicted octanol–water partition coefficient (Wildman–Crippen LogP) is 3.92. The SMILES string of the molecule is C/C(=N\N=C(c1ccccc1)c1ccccc1)c1c(O)cc(C)oc1=O. The van der Waals surface area contributed by atoms with Crippen molar-refractivity contribution in [1.29, 1.82) is 0 Å². The maximum absolute atomic E-state index is 12.0. The van der Waals surface area contributed by atoms with Gasteiger partial charge < -0.3 is 9.52 Å². The van der Waals surface area contributed by atoms with E-state index in [0.29, 0.717) is 11.5 Å². The molecule has 1 N–H and O–H groups in total. The van der Waals surface area contributed by atoms with Gasteiger partial charge in [0.15, 0.2) is 0 Å². The van der Waals surface area contributed by atoms with E-state index in [4.69, 9.17) is 4.42 Å². The Hall–Kier alpha value is -3.47. The molecule has 26 heavy (non-hydrogen) atoms. The zero-order chi connectivity index (χ0) is 18.5. The van der Waals surface area contributed by atoms with Crippen LogP contribution < -0.4 is 5.63 Å². The lowest BCUT2D eigenvalue weighted by Crippen LogP contribution is -2.13. The third-order valence-corrected chi connectivity index (χ3v) is 3.81. The van der Waals surface area contributed by atoms with Crippen LogP contribution in [0.1, 0.15) is 29.4 Å². The van der Waals surface area contributed by atoms with Crippen LogP contribution in [0.15, 0.2) is 86.1 Å². The zero-order valence-corrected chi connectivity index (χ0v) is 14.5. The fourth-order valence-corrected chi connectivity index (χ4v) is 2.58. The lowest BCUT2D eigenvalue weighted by Gasteiger charge is -2.06. The third-order valence-electron chi connectivity index (χ3n) is 3.81. The molecule has 0 radical (unpaired) electrons. The van der Waals surface area contributed by atoms with E-state index in [1.165, 1.54) is 6.07 Å². The molecule has 0 aliphatic carbocycles. The molecule has 5 heteroatoms. The first-order chi connectivity index (χ1) is 12.6. The predicted molar refractivity (Wildman–Crippen MR) is 102 cm³/mol. The van der Waals surface area contributed by atoms with E-state index < -0.39 is 5.63 Å². The van der Waals surface area contributed by atoms with E-state index in [9.17, 15) is 9.90 Å². The summed E-state index contributed by atoms with van der Waals surface area (Å²) in [7, 11) is 0. The molecular weight excluding hydrogens is 328 g/mol. The maximum Gasteiger partial charge on any atom is 0.348 e. The van der Waals surface area contributed by atoms with Crippen LogP contribution in [-0.2, 0) is 0 Å². The minimum atomic E-state index is -0.639. The molecule has 1 aromatic heterocycles. The Balaban J connectivity index is 2.10. The van der Waals surface area contributed by atoms with Gasteiger partial charge in [-0.2, -0.15) is 5.10 Å². The van der Waals surface area contributed by atoms with Crippen molar-refractivity contribution in [3.05, 3.63) is 99.6 Å². The van der Waals surface area contributed by atoms with Crippen molar-refractivity contribution in [2.75, 3.05) is 0 Å². The number of hydrogen-bond acceptors (Lipinski definition) is 5. The molecule has 2 aromatic carbocycles. The molecule has 0 fully saturated rings. The third kappa shape index (κ3) is 3.78. The number of nitrogens with zero attached hydrogens (tertiary/aromatic N) is 2. The van der Waals surface area contributed by atoms with E-state index in [-0.39, 0.29) is 17.0 Å². The standard InChI is InChI=1S/C21H18N2O3/c1-14-13-18(24)19(21(25)26-14)15(2)22-23-20(16-9-5-3-6-10-16)17-11-7-4-8-12-17/h3-13,24H,1-2H3/b22-15+. The van der Waals surface area contributed by atoms with E-state index in [2.05, 4.69) is 10.2 Å². The lowest BCUT2D eigenvalue weighted by atomic mass is 10.0. The Morgan fingerprint density at radius 2 is 1.46 bits per heavy atom. The maximum atomic E-state index is 12.0. The average molecular weight is 346 g/mol. The van der Waals surface area contributed by atoms with Gasteiger partial charge in [-0.05, 0) is 13.8 Å². The Labute approximate surface area is 151 Å². The summed E-state index contributed by atoms with van der Waals surface area (Å²) in [6.45, 7) is 3.21. The quantitative estimate of drug-likeness (QED) is 0.575. The number of aryl methyl sites for hydroxylation is 1. The van der Waals surface area contributed by atoms with Crippen LogP contribution in [0.4, 0.5) is 0 Å². The second-order valence-corrected chi connectivity index (χ2v) is 5.77. The van der Waals surface area contributed by atoms with Crippen LogP contribution in [0.3, 0.4) is 0 Å². The molecule has 0 spiro atoms. The Morgan fingerprint density at radius 1 is 0.923 bits per heavy atom. The van der Waals surface area contributed by atoms with Gasteiger partial charge in [0.25, 0.3) is 0 Å².